The van der Waals surface area contributed by atoms with Gasteiger partial charge in [0.2, 0.25) is 10.0 Å². The van der Waals surface area contributed by atoms with Crippen LogP contribution in [0.1, 0.15) is 11.1 Å². The normalized spacial score (nSPS) is 18.2. The maximum absolute atomic E-state index is 12.8. The van der Waals surface area contributed by atoms with Crippen molar-refractivity contribution in [2.24, 2.45) is 0 Å². The zero-order valence-electron chi connectivity index (χ0n) is 12.6. The highest BCUT2D eigenvalue weighted by Gasteiger charge is 2.30. The number of aryl methyl sites for hydroxylation is 2. The molecule has 2 rings (SSSR count). The predicted octanol–water partition coefficient (Wildman–Crippen LogP) is -0.169. The monoisotopic (exact) mass is 299 g/mol. The lowest BCUT2D eigenvalue weighted by Gasteiger charge is -2.29. The van der Waals surface area contributed by atoms with Crippen LogP contribution in [-0.4, -0.2) is 53.1 Å². The number of sulfonamides is 1. The molecule has 0 saturated carbocycles. The van der Waals surface area contributed by atoms with E-state index in [2.05, 4.69) is 7.05 Å². The van der Waals surface area contributed by atoms with Crippen molar-refractivity contribution in [2.75, 3.05) is 40.3 Å². The van der Waals surface area contributed by atoms with E-state index in [0.29, 0.717) is 23.7 Å². The maximum Gasteiger partial charge on any atom is 0.243 e. The molecule has 0 unspecified atom stereocenters. The molecule has 0 spiro atoms. The van der Waals surface area contributed by atoms with Crippen molar-refractivity contribution in [1.82, 2.24) is 4.31 Å². The molecule has 1 N–H and O–H groups in total. The molecule has 0 atom stereocenters. The molecule has 112 valence electrons. The van der Waals surface area contributed by atoms with E-state index >= 15 is 0 Å². The number of piperazine rings is 1. The number of hydrogen-bond donors (Lipinski definition) is 1. The van der Waals surface area contributed by atoms with Crippen LogP contribution in [0.4, 0.5) is 0 Å². The SMILES string of the molecule is COc1cc(S(=O)(=O)N2CC[NH+](C)CC2)c(C)cc1C. The van der Waals surface area contributed by atoms with Crippen molar-refractivity contribution in [3.8, 4) is 5.75 Å². The number of nitrogens with one attached hydrogen (secondary N) is 1. The first-order valence-corrected chi connectivity index (χ1v) is 8.27. The highest BCUT2D eigenvalue weighted by atomic mass is 32.2. The van der Waals surface area contributed by atoms with Gasteiger partial charge in [0.15, 0.2) is 0 Å². The van der Waals surface area contributed by atoms with E-state index in [1.54, 1.807) is 17.5 Å². The summed E-state index contributed by atoms with van der Waals surface area (Å²) in [5.74, 6) is 0.619. The minimum Gasteiger partial charge on any atom is -0.496 e. The van der Waals surface area contributed by atoms with Gasteiger partial charge in [-0.25, -0.2) is 8.42 Å². The quantitative estimate of drug-likeness (QED) is 0.843. The van der Waals surface area contributed by atoms with E-state index in [4.69, 9.17) is 4.74 Å². The predicted molar refractivity (Wildman–Crippen MR) is 77.8 cm³/mol. The van der Waals surface area contributed by atoms with E-state index < -0.39 is 10.0 Å². The van der Waals surface area contributed by atoms with Crippen molar-refractivity contribution >= 4 is 10.0 Å². The molecule has 1 fully saturated rings. The van der Waals surface area contributed by atoms with Gasteiger partial charge in [0.25, 0.3) is 0 Å². The number of hydrogen-bond acceptors (Lipinski definition) is 3. The molecule has 1 heterocycles. The molecular weight excluding hydrogens is 276 g/mol. The summed E-state index contributed by atoms with van der Waals surface area (Å²) in [5, 5.41) is 0. The second-order valence-electron chi connectivity index (χ2n) is 5.45. The van der Waals surface area contributed by atoms with Crippen LogP contribution in [0.15, 0.2) is 17.0 Å². The fraction of sp³-hybridized carbons (Fsp3) is 0.571. The van der Waals surface area contributed by atoms with Gasteiger partial charge >= 0.3 is 0 Å². The van der Waals surface area contributed by atoms with Gasteiger partial charge in [-0.05, 0) is 25.0 Å². The summed E-state index contributed by atoms with van der Waals surface area (Å²) in [6, 6.07) is 3.51. The van der Waals surface area contributed by atoms with Gasteiger partial charge in [-0.2, -0.15) is 4.31 Å². The zero-order valence-corrected chi connectivity index (χ0v) is 13.4. The number of methoxy groups -OCH3 is 1. The molecule has 0 aliphatic carbocycles. The molecule has 5 nitrogen and oxygen atoms in total. The fourth-order valence-electron chi connectivity index (χ4n) is 2.56. The Kier molecular flexibility index (Phi) is 4.36. The third-order valence-corrected chi connectivity index (χ3v) is 5.93. The molecule has 1 aliphatic heterocycles. The molecule has 1 aromatic rings. The number of benzene rings is 1. The average molecular weight is 299 g/mol. The summed E-state index contributed by atoms with van der Waals surface area (Å²) < 4.78 is 32.3. The van der Waals surface area contributed by atoms with Crippen LogP contribution in [0, 0.1) is 13.8 Å². The molecule has 6 heteroatoms. The topological polar surface area (TPSA) is 51.1 Å². The Bertz CT molecular complexity index is 591. The lowest BCUT2D eigenvalue weighted by Crippen LogP contribution is -3.12. The summed E-state index contributed by atoms with van der Waals surface area (Å²) in [6.07, 6.45) is 0. The Morgan fingerprint density at radius 2 is 1.75 bits per heavy atom. The summed E-state index contributed by atoms with van der Waals surface area (Å²) in [4.78, 5) is 1.73. The van der Waals surface area contributed by atoms with E-state index in [1.165, 1.54) is 4.90 Å². The number of nitrogens with zero attached hydrogens (tertiary/aromatic N) is 1. The summed E-state index contributed by atoms with van der Waals surface area (Å²) in [7, 11) is 0.225. The van der Waals surface area contributed by atoms with Crippen LogP contribution in [0.25, 0.3) is 0 Å². The number of rotatable bonds is 3. The summed E-state index contributed by atoms with van der Waals surface area (Å²) in [5.41, 5.74) is 1.72. The Morgan fingerprint density at radius 3 is 2.30 bits per heavy atom. The van der Waals surface area contributed by atoms with Crippen LogP contribution in [0.5, 0.6) is 5.75 Å². The standard InChI is InChI=1S/C14H22N2O3S/c1-11-9-12(2)14(10-13(11)19-4)20(17,18)16-7-5-15(3)6-8-16/h9-10H,5-8H2,1-4H3/p+1. The van der Waals surface area contributed by atoms with Crippen molar-refractivity contribution in [2.45, 2.75) is 18.7 Å². The smallest absolute Gasteiger partial charge is 0.243 e. The Balaban J connectivity index is 2.39. The van der Waals surface area contributed by atoms with E-state index in [9.17, 15) is 8.42 Å². The van der Waals surface area contributed by atoms with Gasteiger partial charge in [0.1, 0.15) is 5.75 Å². The second-order valence-corrected chi connectivity index (χ2v) is 7.35. The van der Waals surface area contributed by atoms with Gasteiger partial charge in [0.05, 0.1) is 45.2 Å². The molecule has 20 heavy (non-hydrogen) atoms. The van der Waals surface area contributed by atoms with E-state index in [-0.39, 0.29) is 0 Å². The fourth-order valence-corrected chi connectivity index (χ4v) is 4.22. The van der Waals surface area contributed by atoms with Gasteiger partial charge < -0.3 is 9.64 Å². The number of likely N-dealkylation sites (N-methyl/N-ethyl adjacent to an activating group) is 1. The lowest BCUT2D eigenvalue weighted by molar-refractivity contribution is -0.883. The molecular formula is C14H23N2O3S+. The first-order chi connectivity index (χ1) is 9.36. The maximum atomic E-state index is 12.8. The molecule has 1 aromatic carbocycles. The molecule has 0 radical (unpaired) electrons. The van der Waals surface area contributed by atoms with Gasteiger partial charge in [-0.15, -0.1) is 0 Å². The summed E-state index contributed by atoms with van der Waals surface area (Å²) >= 11 is 0. The van der Waals surface area contributed by atoms with Gasteiger partial charge in [-0.3, -0.25) is 0 Å². The van der Waals surface area contributed by atoms with Crippen LogP contribution in [0.2, 0.25) is 0 Å². The lowest BCUT2D eigenvalue weighted by atomic mass is 10.1. The molecule has 0 amide bonds. The molecule has 1 aliphatic rings. The van der Waals surface area contributed by atoms with Crippen molar-refractivity contribution in [3.63, 3.8) is 0 Å². The highest BCUT2D eigenvalue weighted by molar-refractivity contribution is 7.89. The average Bonchev–Trinajstić information content (AvgIpc) is 2.39. The van der Waals surface area contributed by atoms with Crippen molar-refractivity contribution < 1.29 is 18.1 Å². The van der Waals surface area contributed by atoms with E-state index in [0.717, 1.165) is 24.2 Å². The Morgan fingerprint density at radius 1 is 1.15 bits per heavy atom. The summed E-state index contributed by atoms with van der Waals surface area (Å²) in [6.45, 7) is 6.60. The number of quaternary nitrogens is 1. The minimum absolute atomic E-state index is 0.361. The third-order valence-electron chi connectivity index (χ3n) is 3.89. The number of ether oxygens (including phenoxy) is 1. The van der Waals surface area contributed by atoms with Crippen LogP contribution < -0.4 is 9.64 Å². The van der Waals surface area contributed by atoms with Crippen molar-refractivity contribution in [1.29, 1.82) is 0 Å². The molecule has 0 aromatic heterocycles. The van der Waals surface area contributed by atoms with E-state index in [1.807, 2.05) is 19.9 Å². The Labute approximate surface area is 121 Å². The van der Waals surface area contributed by atoms with Crippen LogP contribution in [-0.2, 0) is 10.0 Å². The van der Waals surface area contributed by atoms with Crippen LogP contribution in [0.3, 0.4) is 0 Å². The Hall–Kier alpha value is -1.11. The van der Waals surface area contributed by atoms with Crippen LogP contribution >= 0.6 is 0 Å². The minimum atomic E-state index is -3.43. The largest absolute Gasteiger partial charge is 0.496 e. The first-order valence-electron chi connectivity index (χ1n) is 6.83. The molecule has 0 bridgehead atoms. The van der Waals surface area contributed by atoms with Gasteiger partial charge in [0, 0.05) is 6.07 Å². The third kappa shape index (κ3) is 2.82. The van der Waals surface area contributed by atoms with Crippen molar-refractivity contribution in [3.05, 3.63) is 23.3 Å². The van der Waals surface area contributed by atoms with Gasteiger partial charge in [-0.1, -0.05) is 6.07 Å². The molecule has 1 saturated heterocycles. The first kappa shape index (κ1) is 15.3. The zero-order chi connectivity index (χ0) is 14.9. The highest BCUT2D eigenvalue weighted by Crippen LogP contribution is 2.27. The second kappa shape index (κ2) is 5.71.